The summed E-state index contributed by atoms with van der Waals surface area (Å²) in [6.45, 7) is 0.744. The number of hydrogen-bond acceptors (Lipinski definition) is 4. The van der Waals surface area contributed by atoms with Crippen molar-refractivity contribution in [3.05, 3.63) is 35.9 Å². The summed E-state index contributed by atoms with van der Waals surface area (Å²) in [6, 6.07) is 8.95. The Labute approximate surface area is 106 Å². The number of nitrogens with two attached hydrogens (primary N) is 1. The van der Waals surface area contributed by atoms with Gasteiger partial charge in [-0.15, -0.1) is 0 Å². The van der Waals surface area contributed by atoms with E-state index in [1.165, 1.54) is 4.90 Å². The topological polar surface area (TPSA) is 72.6 Å². The van der Waals surface area contributed by atoms with Crippen LogP contribution in [0.4, 0.5) is 0 Å². The Bertz CT molecular complexity index is 433. The average Bonchev–Trinajstić information content (AvgIpc) is 2.70. The van der Waals surface area contributed by atoms with Gasteiger partial charge in [0.05, 0.1) is 6.04 Å². The first-order chi connectivity index (χ1) is 8.66. The van der Waals surface area contributed by atoms with Crippen LogP contribution in [0.1, 0.15) is 12.0 Å². The first-order valence-corrected chi connectivity index (χ1v) is 5.91. The molecule has 0 saturated carbocycles. The number of ether oxygens (including phenoxy) is 1. The number of rotatable bonds is 4. The number of likely N-dealkylation sites (tertiary alicyclic amines) is 1. The van der Waals surface area contributed by atoms with Crippen LogP contribution in [0, 0.1) is 0 Å². The third-order valence-electron chi connectivity index (χ3n) is 2.90. The molecule has 0 bridgehead atoms. The summed E-state index contributed by atoms with van der Waals surface area (Å²) < 4.78 is 5.10. The minimum absolute atomic E-state index is 0.0145. The highest BCUT2D eigenvalue weighted by Crippen LogP contribution is 2.09. The van der Waals surface area contributed by atoms with E-state index in [9.17, 15) is 9.59 Å². The fraction of sp³-hybridized carbons (Fsp3) is 0.385. The molecule has 0 aliphatic carbocycles. The Balaban J connectivity index is 1.78. The number of carbonyl (C=O) groups is 2. The zero-order valence-electron chi connectivity index (χ0n) is 10.0. The monoisotopic (exact) mass is 248 g/mol. The summed E-state index contributed by atoms with van der Waals surface area (Å²) in [6.07, 6.45) is 0.602. The van der Waals surface area contributed by atoms with Gasteiger partial charge >= 0.3 is 5.97 Å². The van der Waals surface area contributed by atoms with E-state index in [0.29, 0.717) is 13.0 Å². The molecule has 1 heterocycles. The van der Waals surface area contributed by atoms with Crippen molar-refractivity contribution in [1.82, 2.24) is 4.90 Å². The summed E-state index contributed by atoms with van der Waals surface area (Å²) in [7, 11) is 0. The maximum atomic E-state index is 11.6. The van der Waals surface area contributed by atoms with Crippen molar-refractivity contribution in [3.8, 4) is 0 Å². The predicted molar refractivity (Wildman–Crippen MR) is 65.4 cm³/mol. The van der Waals surface area contributed by atoms with Crippen LogP contribution < -0.4 is 5.73 Å². The van der Waals surface area contributed by atoms with Gasteiger partial charge in [0, 0.05) is 6.54 Å². The van der Waals surface area contributed by atoms with Gasteiger partial charge < -0.3 is 15.4 Å². The smallest absolute Gasteiger partial charge is 0.325 e. The summed E-state index contributed by atoms with van der Waals surface area (Å²) >= 11 is 0. The van der Waals surface area contributed by atoms with Gasteiger partial charge in [-0.1, -0.05) is 30.3 Å². The summed E-state index contributed by atoms with van der Waals surface area (Å²) in [5.41, 5.74) is 6.49. The number of hydrogen-bond donors (Lipinski definition) is 1. The molecule has 96 valence electrons. The van der Waals surface area contributed by atoms with E-state index < -0.39 is 12.0 Å². The highest BCUT2D eigenvalue weighted by molar-refractivity contribution is 5.87. The number of carbonyl (C=O) groups excluding carboxylic acids is 2. The molecule has 1 aromatic carbocycles. The first-order valence-electron chi connectivity index (χ1n) is 5.91. The standard InChI is InChI=1S/C13H16N2O3/c14-11-6-7-15(13(11)17)8-12(16)18-9-10-4-2-1-3-5-10/h1-5,11H,6-9,14H2/t11-/m0/s1. The molecule has 18 heavy (non-hydrogen) atoms. The molecule has 1 fully saturated rings. The number of esters is 1. The molecule has 0 aromatic heterocycles. The third kappa shape index (κ3) is 3.07. The highest BCUT2D eigenvalue weighted by Gasteiger charge is 2.29. The SMILES string of the molecule is N[C@H]1CCN(CC(=O)OCc2ccccc2)C1=O. The summed E-state index contributed by atoms with van der Waals surface area (Å²) in [5, 5.41) is 0. The van der Waals surface area contributed by atoms with Crippen molar-refractivity contribution in [2.45, 2.75) is 19.1 Å². The van der Waals surface area contributed by atoms with E-state index in [2.05, 4.69) is 0 Å². The Morgan fingerprint density at radius 3 is 2.72 bits per heavy atom. The predicted octanol–water partition coefficient (Wildman–Crippen LogP) is 0.289. The molecule has 2 N–H and O–H groups in total. The molecule has 0 unspecified atom stereocenters. The Morgan fingerprint density at radius 1 is 1.39 bits per heavy atom. The molecule has 0 radical (unpaired) electrons. The van der Waals surface area contributed by atoms with Crippen molar-refractivity contribution in [3.63, 3.8) is 0 Å². The van der Waals surface area contributed by atoms with Crippen LogP contribution in [0.3, 0.4) is 0 Å². The van der Waals surface area contributed by atoms with Crippen molar-refractivity contribution in [1.29, 1.82) is 0 Å². The van der Waals surface area contributed by atoms with Crippen LogP contribution in [0.25, 0.3) is 0 Å². The van der Waals surface area contributed by atoms with Gasteiger partial charge in [0.2, 0.25) is 5.91 Å². The van der Waals surface area contributed by atoms with Gasteiger partial charge in [-0.2, -0.15) is 0 Å². The second-order valence-corrected chi connectivity index (χ2v) is 4.30. The van der Waals surface area contributed by atoms with Crippen molar-refractivity contribution in [2.24, 2.45) is 5.73 Å². The molecule has 1 amide bonds. The fourth-order valence-corrected chi connectivity index (χ4v) is 1.86. The quantitative estimate of drug-likeness (QED) is 0.777. The van der Waals surface area contributed by atoms with E-state index in [-0.39, 0.29) is 19.1 Å². The van der Waals surface area contributed by atoms with Crippen LogP contribution in [0.2, 0.25) is 0 Å². The summed E-state index contributed by atoms with van der Waals surface area (Å²) in [4.78, 5) is 24.5. The summed E-state index contributed by atoms with van der Waals surface area (Å²) in [5.74, 6) is -0.576. The molecule has 1 atom stereocenters. The number of benzene rings is 1. The molecular weight excluding hydrogens is 232 g/mol. The Hall–Kier alpha value is -1.88. The van der Waals surface area contributed by atoms with Gasteiger partial charge in [0.25, 0.3) is 0 Å². The lowest BCUT2D eigenvalue weighted by molar-refractivity contribution is -0.149. The molecule has 1 aromatic rings. The van der Waals surface area contributed by atoms with Crippen LogP contribution in [0.5, 0.6) is 0 Å². The van der Waals surface area contributed by atoms with Crippen molar-refractivity contribution in [2.75, 3.05) is 13.1 Å². The highest BCUT2D eigenvalue weighted by atomic mass is 16.5. The largest absolute Gasteiger partial charge is 0.459 e. The Morgan fingerprint density at radius 2 is 2.11 bits per heavy atom. The number of amides is 1. The fourth-order valence-electron chi connectivity index (χ4n) is 1.86. The normalized spacial score (nSPS) is 19.1. The third-order valence-corrected chi connectivity index (χ3v) is 2.90. The van der Waals surface area contributed by atoms with Gasteiger partial charge in [-0.05, 0) is 12.0 Å². The zero-order chi connectivity index (χ0) is 13.0. The lowest BCUT2D eigenvalue weighted by Crippen LogP contribution is -2.37. The van der Waals surface area contributed by atoms with Gasteiger partial charge in [-0.25, -0.2) is 0 Å². The van der Waals surface area contributed by atoms with Crippen LogP contribution in [0.15, 0.2) is 30.3 Å². The minimum Gasteiger partial charge on any atom is -0.459 e. The lowest BCUT2D eigenvalue weighted by Gasteiger charge is -2.14. The lowest BCUT2D eigenvalue weighted by atomic mass is 10.2. The van der Waals surface area contributed by atoms with E-state index in [4.69, 9.17) is 10.5 Å². The Kier molecular flexibility index (Phi) is 3.94. The first kappa shape index (κ1) is 12.6. The van der Waals surface area contributed by atoms with Gasteiger partial charge in [0.15, 0.2) is 0 Å². The number of nitrogens with zero attached hydrogens (tertiary/aromatic N) is 1. The average molecular weight is 248 g/mol. The van der Waals surface area contributed by atoms with E-state index in [1.54, 1.807) is 0 Å². The van der Waals surface area contributed by atoms with Crippen LogP contribution >= 0.6 is 0 Å². The molecule has 2 rings (SSSR count). The maximum Gasteiger partial charge on any atom is 0.325 e. The van der Waals surface area contributed by atoms with Crippen LogP contribution in [-0.4, -0.2) is 35.9 Å². The molecule has 0 spiro atoms. The molecule has 5 heteroatoms. The van der Waals surface area contributed by atoms with Gasteiger partial charge in [-0.3, -0.25) is 9.59 Å². The molecular formula is C13H16N2O3. The second-order valence-electron chi connectivity index (χ2n) is 4.30. The molecule has 1 aliphatic heterocycles. The maximum absolute atomic E-state index is 11.6. The molecule has 5 nitrogen and oxygen atoms in total. The minimum atomic E-state index is -0.466. The second kappa shape index (κ2) is 5.64. The van der Waals surface area contributed by atoms with E-state index >= 15 is 0 Å². The molecule has 1 aliphatic rings. The van der Waals surface area contributed by atoms with Crippen LogP contribution in [-0.2, 0) is 20.9 Å². The van der Waals surface area contributed by atoms with E-state index in [1.807, 2.05) is 30.3 Å². The van der Waals surface area contributed by atoms with Crippen molar-refractivity contribution >= 4 is 11.9 Å². The molecule has 1 saturated heterocycles. The van der Waals surface area contributed by atoms with Gasteiger partial charge in [0.1, 0.15) is 13.2 Å². The van der Waals surface area contributed by atoms with E-state index in [0.717, 1.165) is 5.56 Å². The van der Waals surface area contributed by atoms with Crippen molar-refractivity contribution < 1.29 is 14.3 Å². The zero-order valence-corrected chi connectivity index (χ0v) is 10.0.